The summed E-state index contributed by atoms with van der Waals surface area (Å²) in [6, 6.07) is 16.2. The van der Waals surface area contributed by atoms with Crippen LogP contribution in [-0.4, -0.2) is 26.5 Å². The number of benzene rings is 3. The van der Waals surface area contributed by atoms with Gasteiger partial charge >= 0.3 is 0 Å². The van der Waals surface area contributed by atoms with Crippen LogP contribution in [0.3, 0.4) is 0 Å². The van der Waals surface area contributed by atoms with Gasteiger partial charge in [-0.25, -0.2) is 12.8 Å². The monoisotopic (exact) mass is 444 g/mol. The van der Waals surface area contributed by atoms with Gasteiger partial charge in [-0.2, -0.15) is 4.72 Å². The molecule has 0 bridgehead atoms. The summed E-state index contributed by atoms with van der Waals surface area (Å²) in [6.07, 6.45) is 0. The molecule has 0 fully saturated rings. The summed E-state index contributed by atoms with van der Waals surface area (Å²) in [5.41, 5.74) is -0.448. The zero-order valence-corrected chi connectivity index (χ0v) is 18.4. The van der Waals surface area contributed by atoms with Gasteiger partial charge in [-0.05, 0) is 50.6 Å². The molecule has 3 aromatic rings. The van der Waals surface area contributed by atoms with E-state index in [2.05, 4.69) is 10.0 Å². The third-order valence-corrected chi connectivity index (χ3v) is 6.22. The van der Waals surface area contributed by atoms with Crippen LogP contribution in [0, 0.1) is 5.82 Å². The predicted octanol–water partition coefficient (Wildman–Crippen LogP) is 4.21. The van der Waals surface area contributed by atoms with Crippen LogP contribution in [-0.2, 0) is 20.6 Å². The number of ether oxygens (including phenoxy) is 1. The van der Waals surface area contributed by atoms with Gasteiger partial charge in [0, 0.05) is 16.5 Å². The van der Waals surface area contributed by atoms with Crippen molar-refractivity contribution < 1.29 is 22.3 Å². The Labute approximate surface area is 181 Å². The number of carbonyl (C=O) groups excluding carboxylic acids is 1. The Morgan fingerprint density at radius 1 is 1.00 bits per heavy atom. The highest BCUT2D eigenvalue weighted by atomic mass is 32.2. The van der Waals surface area contributed by atoms with Gasteiger partial charge in [-0.1, -0.05) is 36.4 Å². The Hall–Kier alpha value is -2.97. The van der Waals surface area contributed by atoms with Crippen LogP contribution in [0.15, 0.2) is 60.7 Å². The van der Waals surface area contributed by atoms with Crippen molar-refractivity contribution in [2.24, 2.45) is 0 Å². The van der Waals surface area contributed by atoms with Gasteiger partial charge < -0.3 is 10.1 Å². The van der Waals surface area contributed by atoms with Gasteiger partial charge in [0.2, 0.25) is 15.9 Å². The molecule has 1 amide bonds. The molecular formula is C23H25FN2O4S. The second kappa shape index (κ2) is 9.03. The Balaban J connectivity index is 1.79. The van der Waals surface area contributed by atoms with Crippen molar-refractivity contribution in [3.8, 4) is 5.75 Å². The number of hydrogen-bond donors (Lipinski definition) is 2. The minimum absolute atomic E-state index is 0.365. The average molecular weight is 445 g/mol. The lowest BCUT2D eigenvalue weighted by Gasteiger charge is -2.25. The first-order valence-electron chi connectivity index (χ1n) is 9.83. The molecule has 164 valence electrons. The van der Waals surface area contributed by atoms with Crippen LogP contribution in [0.1, 0.15) is 26.3 Å². The van der Waals surface area contributed by atoms with E-state index < -0.39 is 27.3 Å². The standard InChI is InChI=1S/C23H25FN2O4S/c1-4-30-21-14-13-20(18-7-5-6-8-19(18)21)25-22(27)23(2,3)26-31(28,29)15-16-9-11-17(24)12-10-16/h5-14,26H,4,15H2,1-3H3,(H,25,27). The fourth-order valence-electron chi connectivity index (χ4n) is 3.21. The molecule has 31 heavy (non-hydrogen) atoms. The maximum Gasteiger partial charge on any atom is 0.245 e. The average Bonchev–Trinajstić information content (AvgIpc) is 2.70. The van der Waals surface area contributed by atoms with Crippen LogP contribution in [0.4, 0.5) is 10.1 Å². The van der Waals surface area contributed by atoms with E-state index in [4.69, 9.17) is 4.74 Å². The van der Waals surface area contributed by atoms with E-state index in [1.54, 1.807) is 12.1 Å². The third kappa shape index (κ3) is 5.59. The second-order valence-corrected chi connectivity index (χ2v) is 9.38. The molecule has 6 nitrogen and oxygen atoms in total. The summed E-state index contributed by atoms with van der Waals surface area (Å²) in [5, 5.41) is 4.45. The molecule has 2 N–H and O–H groups in total. The van der Waals surface area contributed by atoms with Crippen molar-refractivity contribution in [2.45, 2.75) is 32.1 Å². The van der Waals surface area contributed by atoms with Gasteiger partial charge in [0.15, 0.2) is 0 Å². The van der Waals surface area contributed by atoms with E-state index >= 15 is 0 Å². The second-order valence-electron chi connectivity index (χ2n) is 7.66. The van der Waals surface area contributed by atoms with Gasteiger partial charge in [0.1, 0.15) is 17.1 Å². The number of fused-ring (bicyclic) bond motifs is 1. The molecule has 8 heteroatoms. The molecule has 0 spiro atoms. The summed E-state index contributed by atoms with van der Waals surface area (Å²) in [5.74, 6) is -0.619. The van der Waals surface area contributed by atoms with Crippen molar-refractivity contribution >= 4 is 32.4 Å². The van der Waals surface area contributed by atoms with Crippen LogP contribution in [0.2, 0.25) is 0 Å². The Bertz CT molecular complexity index is 1190. The van der Waals surface area contributed by atoms with Crippen LogP contribution < -0.4 is 14.8 Å². The lowest BCUT2D eigenvalue weighted by Crippen LogP contribution is -2.52. The summed E-state index contributed by atoms with van der Waals surface area (Å²) in [6.45, 7) is 5.38. The number of sulfonamides is 1. The number of hydrogen-bond acceptors (Lipinski definition) is 4. The first-order valence-corrected chi connectivity index (χ1v) is 11.5. The molecular weight excluding hydrogens is 419 g/mol. The highest BCUT2D eigenvalue weighted by molar-refractivity contribution is 7.88. The molecule has 0 heterocycles. The molecule has 0 saturated carbocycles. The SMILES string of the molecule is CCOc1ccc(NC(=O)C(C)(C)NS(=O)(=O)Cc2ccc(F)cc2)c2ccccc12. The zero-order chi connectivity index (χ0) is 22.6. The van der Waals surface area contributed by atoms with Crippen LogP contribution in [0.25, 0.3) is 10.8 Å². The number of anilines is 1. The van der Waals surface area contributed by atoms with Gasteiger partial charge in [-0.15, -0.1) is 0 Å². The lowest BCUT2D eigenvalue weighted by atomic mass is 10.0. The Kier molecular flexibility index (Phi) is 6.62. The van der Waals surface area contributed by atoms with E-state index in [1.807, 2.05) is 31.2 Å². The quantitative estimate of drug-likeness (QED) is 0.545. The van der Waals surface area contributed by atoms with E-state index in [1.165, 1.54) is 38.1 Å². The smallest absolute Gasteiger partial charge is 0.245 e. The molecule has 0 aromatic heterocycles. The number of carbonyl (C=O) groups is 1. The molecule has 0 aliphatic rings. The van der Waals surface area contributed by atoms with Crippen molar-refractivity contribution in [3.05, 3.63) is 72.0 Å². The lowest BCUT2D eigenvalue weighted by molar-refractivity contribution is -0.120. The maximum atomic E-state index is 13.1. The maximum absolute atomic E-state index is 13.1. The van der Waals surface area contributed by atoms with Crippen molar-refractivity contribution in [2.75, 3.05) is 11.9 Å². The number of rotatable bonds is 8. The first kappa shape index (κ1) is 22.7. The number of halogens is 1. The normalized spacial score (nSPS) is 12.0. The van der Waals surface area contributed by atoms with Crippen LogP contribution in [0.5, 0.6) is 5.75 Å². The van der Waals surface area contributed by atoms with Crippen molar-refractivity contribution in [1.82, 2.24) is 4.72 Å². The fraction of sp³-hybridized carbons (Fsp3) is 0.261. The summed E-state index contributed by atoms with van der Waals surface area (Å²) >= 11 is 0. The van der Waals surface area contributed by atoms with Gasteiger partial charge in [0.05, 0.1) is 12.4 Å². The van der Waals surface area contributed by atoms with E-state index in [0.717, 1.165) is 10.8 Å². The zero-order valence-electron chi connectivity index (χ0n) is 17.6. The highest BCUT2D eigenvalue weighted by Gasteiger charge is 2.33. The molecule has 0 saturated heterocycles. The van der Waals surface area contributed by atoms with Crippen LogP contribution >= 0.6 is 0 Å². The van der Waals surface area contributed by atoms with Gasteiger partial charge in [-0.3, -0.25) is 4.79 Å². The summed E-state index contributed by atoms with van der Waals surface area (Å²) < 4.78 is 46.3. The molecule has 3 rings (SSSR count). The van der Waals surface area contributed by atoms with Crippen molar-refractivity contribution in [1.29, 1.82) is 0 Å². The van der Waals surface area contributed by atoms with Gasteiger partial charge in [0.25, 0.3) is 0 Å². The minimum atomic E-state index is -3.85. The number of nitrogens with one attached hydrogen (secondary N) is 2. The summed E-state index contributed by atoms with van der Waals surface area (Å²) in [4.78, 5) is 12.9. The molecule has 3 aromatic carbocycles. The Morgan fingerprint density at radius 2 is 1.65 bits per heavy atom. The Morgan fingerprint density at radius 3 is 2.29 bits per heavy atom. The van der Waals surface area contributed by atoms with E-state index in [9.17, 15) is 17.6 Å². The largest absolute Gasteiger partial charge is 0.493 e. The van der Waals surface area contributed by atoms with E-state index in [0.29, 0.717) is 23.6 Å². The molecule has 0 aliphatic carbocycles. The molecule has 0 radical (unpaired) electrons. The number of amides is 1. The predicted molar refractivity (Wildman–Crippen MR) is 120 cm³/mol. The summed E-state index contributed by atoms with van der Waals surface area (Å²) in [7, 11) is -3.85. The highest BCUT2D eigenvalue weighted by Crippen LogP contribution is 2.32. The minimum Gasteiger partial charge on any atom is -0.493 e. The van der Waals surface area contributed by atoms with Crippen molar-refractivity contribution in [3.63, 3.8) is 0 Å². The fourth-order valence-corrected chi connectivity index (χ4v) is 4.79. The molecule has 0 aliphatic heterocycles. The molecule has 0 unspecified atom stereocenters. The first-order chi connectivity index (χ1) is 14.6. The molecule has 0 atom stereocenters. The third-order valence-electron chi connectivity index (χ3n) is 4.68. The van der Waals surface area contributed by atoms with E-state index in [-0.39, 0.29) is 5.75 Å². The topological polar surface area (TPSA) is 84.5 Å².